The number of ether oxygens (including phenoxy) is 3. The summed E-state index contributed by atoms with van der Waals surface area (Å²) in [6.45, 7) is 58.9. The summed E-state index contributed by atoms with van der Waals surface area (Å²) in [5.74, 6) is -1.95. The van der Waals surface area contributed by atoms with Gasteiger partial charge in [0.05, 0.1) is 69.7 Å². The standard InChI is InChI=1S/C26H30N2O3.C19H25NO2.C16H24BNO2.C12H24B2O4.C11H13BrO2.C11H11BrO.C10H12BrN.C7H8BrN.C3H4O2/c1-15-18(13-12-17-9-8-14-27-23(15)17)22-19-10-6-7-11-20(19)28-16(2)21(22)24(25(29)30)31-26(3,4)5;1-12-14-9-7-8-10-16(14)20-13(2)17(12)15(18(21)22-6)11-19(3,4)5;1-11-13(9-8-12-7-6-10-18-14(11)12)17-19-15(2,3)16(4,5)20-17;1-9(2)10(3,4)16-13(15-9)14-17-11(5,6)12(7,8)18-14;1-8-9(4-2-6-10(8)12)5-3-7-11(13)14;1-7-8-3-2-4-11(13)9(8)5-6-10(7)12;1-7-9(11)5-4-8-3-2-6-12-10(7)8;1-5-6(8)3-2-4-7(5)9;4-3-1-2-5-3/h6-7,10-13,24,27H,8-9,14H2,1-5H3,(H,29,30);7-10,15H,11H2,1-6H3;8-9,18H,6-7,10H2,1-5H3;1-8H3;2,4,6H,3,5,7H2,1H3,(H,13,14);5-6H,2-4H2,1H3;4-5,12H,2-3,6H2,1H3;2-4H,9H2,1H3;1-2H2/t24-;15-;;;;;;;/m00......./s1. The summed E-state index contributed by atoms with van der Waals surface area (Å²) in [7, 11) is 0.234. The van der Waals surface area contributed by atoms with Gasteiger partial charge < -0.3 is 74.0 Å². The number of aromatic nitrogens is 2. The van der Waals surface area contributed by atoms with Crippen LogP contribution in [0.4, 0.5) is 22.7 Å². The lowest BCUT2D eigenvalue weighted by molar-refractivity contribution is -0.160. The fourth-order valence-corrected chi connectivity index (χ4v) is 19.8. The lowest BCUT2D eigenvalue weighted by Gasteiger charge is -2.32. The number of fused-ring (bicyclic) bond motifs is 6. The Hall–Kier alpha value is -8.84. The highest BCUT2D eigenvalue weighted by Gasteiger charge is 2.64. The summed E-state index contributed by atoms with van der Waals surface area (Å²) >= 11 is 13.8. The van der Waals surface area contributed by atoms with Crippen LogP contribution in [-0.2, 0) is 93.4 Å². The quantitative estimate of drug-likeness (QED) is 0.0355. The maximum absolute atomic E-state index is 12.4. The van der Waals surface area contributed by atoms with Crippen molar-refractivity contribution in [2.75, 3.05) is 55.0 Å². The number of aryl methyl sites for hydroxylation is 7. The van der Waals surface area contributed by atoms with Gasteiger partial charge in [0.25, 0.3) is 0 Å². The molecule has 22 nitrogen and oxygen atoms in total. The molecule has 0 spiro atoms. The average molecular weight is 2230 g/mol. The molecule has 2 aromatic heterocycles. The number of carbonyl (C=O) groups excluding carboxylic acids is 3. The number of nitrogens with zero attached hydrogens (tertiary/aromatic N) is 2. The molecule has 0 saturated carbocycles. The zero-order valence-electron chi connectivity index (χ0n) is 89.9. The van der Waals surface area contributed by atoms with Gasteiger partial charge in [0, 0.05) is 106 Å². The second-order valence-corrected chi connectivity index (χ2v) is 46.9. The van der Waals surface area contributed by atoms with Crippen molar-refractivity contribution in [1.29, 1.82) is 0 Å². The molecule has 0 unspecified atom stereocenters. The number of methoxy groups -OCH3 is 1. The van der Waals surface area contributed by atoms with Crippen LogP contribution in [0.2, 0.25) is 0 Å². The third kappa shape index (κ3) is 29.4. The number of nitrogen functional groups attached to an aromatic ring is 1. The number of anilines is 4. The van der Waals surface area contributed by atoms with Gasteiger partial charge in [-0.3, -0.25) is 29.1 Å². The van der Waals surface area contributed by atoms with Gasteiger partial charge in [0.15, 0.2) is 11.9 Å². The third-order valence-corrected chi connectivity index (χ3v) is 32.3. The molecule has 7 N–H and O–H groups in total. The van der Waals surface area contributed by atoms with Crippen molar-refractivity contribution in [2.24, 2.45) is 5.41 Å². The van der Waals surface area contributed by atoms with E-state index in [1.54, 1.807) is 0 Å². The van der Waals surface area contributed by atoms with E-state index >= 15 is 0 Å². The number of hydrogen-bond acceptors (Lipinski definition) is 20. The Morgan fingerprint density at radius 2 is 0.917 bits per heavy atom. The van der Waals surface area contributed by atoms with E-state index in [0.717, 1.165) is 161 Å². The molecule has 4 fully saturated rings. The predicted molar refractivity (Wildman–Crippen MR) is 601 cm³/mol. The van der Waals surface area contributed by atoms with Gasteiger partial charge in [-0.1, -0.05) is 169 Å². The minimum Gasteiger partial charge on any atom is -0.481 e. The number of rotatable bonds is 13. The Morgan fingerprint density at radius 1 is 0.479 bits per heavy atom. The Morgan fingerprint density at radius 3 is 1.40 bits per heavy atom. The van der Waals surface area contributed by atoms with Gasteiger partial charge in [0.2, 0.25) is 0 Å². The number of halogens is 4. The van der Waals surface area contributed by atoms with E-state index < -0.39 is 37.7 Å². The highest BCUT2D eigenvalue weighted by atomic mass is 79.9. The minimum absolute atomic E-state index is 0.0311. The molecule has 1 aliphatic carbocycles. The van der Waals surface area contributed by atoms with Gasteiger partial charge in [-0.05, 0) is 380 Å². The van der Waals surface area contributed by atoms with E-state index in [9.17, 15) is 29.1 Å². The van der Waals surface area contributed by atoms with Crippen LogP contribution in [-0.4, -0.2) is 144 Å². The first-order valence-electron chi connectivity index (χ1n) is 50.3. The average Bonchev–Trinajstić information content (AvgIpc) is 1.39. The van der Waals surface area contributed by atoms with Crippen LogP contribution in [0.3, 0.4) is 0 Å². The van der Waals surface area contributed by atoms with Crippen molar-refractivity contribution in [1.82, 2.24) is 9.97 Å². The van der Waals surface area contributed by atoms with Crippen LogP contribution in [0.15, 0.2) is 151 Å². The minimum atomic E-state index is -1.12. The van der Waals surface area contributed by atoms with Gasteiger partial charge in [-0.25, -0.2) is 4.79 Å². The number of pyridine rings is 2. The fourth-order valence-electron chi connectivity index (χ4n) is 18.3. The Labute approximate surface area is 889 Å². The number of carbonyl (C=O) groups is 5. The topological polar surface area (TPSA) is 297 Å². The third-order valence-electron chi connectivity index (χ3n) is 28.8. The first kappa shape index (κ1) is 117. The van der Waals surface area contributed by atoms with Crippen molar-refractivity contribution in [2.45, 2.75) is 328 Å². The molecule has 8 aliphatic rings. The number of nitrogens with one attached hydrogen (secondary N) is 3. The first-order chi connectivity index (χ1) is 67.3. The van der Waals surface area contributed by atoms with Crippen LogP contribution in [0.1, 0.15) is 294 Å². The predicted octanol–water partition coefficient (Wildman–Crippen LogP) is 27.1. The number of para-hydroxylation sites is 2. The highest BCUT2D eigenvalue weighted by molar-refractivity contribution is 9.11. The zero-order valence-corrected chi connectivity index (χ0v) is 96.3. The molecular formula is C115H151B3Br4N6O16. The zero-order chi connectivity index (χ0) is 106. The van der Waals surface area contributed by atoms with Crippen LogP contribution in [0, 0.1) is 67.7 Å². The van der Waals surface area contributed by atoms with Crippen molar-refractivity contribution in [3.8, 4) is 11.1 Å². The molecule has 0 bridgehead atoms. The number of benzene rings is 8. The number of Topliss-reactive ketones (excluding diaryl/α,β-unsaturated/α-hetero) is 1. The molecule has 7 aliphatic heterocycles. The summed E-state index contributed by atoms with van der Waals surface area (Å²) in [6, 6.07) is 44.7. The van der Waals surface area contributed by atoms with Gasteiger partial charge in [-0.15, -0.1) is 0 Å². The molecule has 0 radical (unpaired) electrons. The second kappa shape index (κ2) is 49.5. The molecule has 8 aromatic carbocycles. The van der Waals surface area contributed by atoms with Crippen LogP contribution < -0.4 is 27.1 Å². The molecule has 2 atom stereocenters. The van der Waals surface area contributed by atoms with E-state index in [-0.39, 0.29) is 70.4 Å². The van der Waals surface area contributed by atoms with Gasteiger partial charge in [-0.2, -0.15) is 0 Å². The monoisotopic (exact) mass is 2220 g/mol. The fraction of sp³-hybridized carbons (Fsp3) is 0.487. The van der Waals surface area contributed by atoms with Crippen LogP contribution in [0.5, 0.6) is 0 Å². The van der Waals surface area contributed by atoms with Crippen LogP contribution in [0.25, 0.3) is 32.9 Å². The smallest absolute Gasteiger partial charge is 0.481 e. The van der Waals surface area contributed by atoms with E-state index in [1.807, 2.05) is 195 Å². The first-order valence-corrected chi connectivity index (χ1v) is 53.5. The maximum Gasteiger partial charge on any atom is 0.495 e. The second-order valence-electron chi connectivity index (χ2n) is 43.4. The number of carboxylic acids is 2. The van der Waals surface area contributed by atoms with E-state index in [0.29, 0.717) is 42.9 Å². The summed E-state index contributed by atoms with van der Waals surface area (Å²) in [5.41, 5.74) is 31.7. The molecule has 0 amide bonds. The molecule has 10 aromatic rings. The number of esters is 2. The largest absolute Gasteiger partial charge is 0.495 e. The lowest BCUT2D eigenvalue weighted by atomic mass is 9.49. The SMILES string of the molecule is CC1(C)OB(B2OC(C)(C)C(C)(C)O2)OC1(C)C.COC(=O)[C@@H](CC(C)(C)C)c1c(C)nc2ccccc2c1C.Cc1c(B2OC(C)(C)C(C)(C)O2)ccc2c1NCCC2.Cc1c(Br)ccc2c1CCCC2=O.Cc1c(Br)ccc2c1NCCC2.Cc1c(Br)cccc1CCCC(=O)O.Cc1c(N)cccc1Br.Cc1nc2ccccc2c(-c2ccc3c(c2C)NCCC3)c1[C@H](OC(C)(C)C)C(=O)O.O=C1CCO1. The summed E-state index contributed by atoms with van der Waals surface area (Å²) < 4.78 is 56.1. The van der Waals surface area contributed by atoms with Gasteiger partial charge >= 0.3 is 45.0 Å². The molecule has 774 valence electrons. The molecular weight excluding hydrogens is 2070 g/mol. The molecule has 4 saturated heterocycles. The number of carboxylic acid groups (broad SMARTS) is 2. The normalized spacial score (nSPS) is 17.4. The highest BCUT2D eigenvalue weighted by Crippen LogP contribution is 2.48. The van der Waals surface area contributed by atoms with Crippen molar-refractivity contribution in [3.63, 3.8) is 0 Å². The summed E-state index contributed by atoms with van der Waals surface area (Å²) in [6.07, 6.45) is 11.8. The molecule has 9 heterocycles. The number of hydrogen-bond donors (Lipinski definition) is 6. The Balaban J connectivity index is 0.000000172. The Kier molecular flexibility index (Phi) is 40.3. The number of aliphatic carboxylic acids is 2. The number of cyclic esters (lactones) is 1. The van der Waals surface area contributed by atoms with E-state index in [2.05, 4.69) is 210 Å². The van der Waals surface area contributed by atoms with Crippen molar-refractivity contribution < 1.29 is 76.3 Å². The molecule has 18 rings (SSSR count). The number of nitrogens with two attached hydrogens (primary N) is 1. The summed E-state index contributed by atoms with van der Waals surface area (Å²) in [5, 5.41) is 31.2. The molecule has 144 heavy (non-hydrogen) atoms. The summed E-state index contributed by atoms with van der Waals surface area (Å²) in [4.78, 5) is 65.8. The van der Waals surface area contributed by atoms with E-state index in [1.165, 1.54) is 92.3 Å². The van der Waals surface area contributed by atoms with Crippen LogP contribution >= 0.6 is 63.7 Å². The van der Waals surface area contributed by atoms with Crippen molar-refractivity contribution in [3.05, 3.63) is 246 Å². The lowest BCUT2D eigenvalue weighted by Crippen LogP contribution is -2.41. The van der Waals surface area contributed by atoms with Crippen molar-refractivity contribution >= 4 is 165 Å². The van der Waals surface area contributed by atoms with E-state index in [4.69, 9.17) is 58.2 Å². The molecule has 29 heteroatoms. The Bertz CT molecular complexity index is 6160. The maximum atomic E-state index is 12.4. The number of ketones is 1. The van der Waals surface area contributed by atoms with Gasteiger partial charge in [0.1, 0.15) is 6.61 Å².